The van der Waals surface area contributed by atoms with Crippen LogP contribution >= 0.6 is 0 Å². The summed E-state index contributed by atoms with van der Waals surface area (Å²) in [6.07, 6.45) is -0.420. The van der Waals surface area contributed by atoms with Crippen LogP contribution in [0.25, 0.3) is 0 Å². The number of rotatable bonds is 7. The first kappa shape index (κ1) is 20.4. The van der Waals surface area contributed by atoms with Crippen molar-refractivity contribution in [2.75, 3.05) is 6.54 Å². The Hall–Kier alpha value is -1.63. The normalized spacial score (nSPS) is 14.8. The maximum absolute atomic E-state index is 11.9. The summed E-state index contributed by atoms with van der Waals surface area (Å²) in [6.45, 7) is 16.7. The van der Waals surface area contributed by atoms with Gasteiger partial charge in [0.2, 0.25) is 5.89 Å². The third-order valence-electron chi connectivity index (χ3n) is 3.92. The fraction of sp³-hybridized carbons (Fsp3) is 0.824. The Morgan fingerprint density at radius 1 is 1.21 bits per heavy atom. The van der Waals surface area contributed by atoms with Crippen LogP contribution in [0.4, 0.5) is 4.79 Å². The highest BCUT2D eigenvalue weighted by atomic mass is 16.6. The number of ether oxygens (including phenoxy) is 1. The minimum Gasteiger partial charge on any atom is -0.444 e. The van der Waals surface area contributed by atoms with Gasteiger partial charge in [-0.1, -0.05) is 32.9 Å². The molecule has 138 valence electrons. The molecule has 0 unspecified atom stereocenters. The predicted molar refractivity (Wildman–Crippen MR) is 92.7 cm³/mol. The standard InChI is InChI=1S/C17H32N4O3/c1-11(2)14-20-13(24-21-14)9-19-17(8,12(3)4)10-18-15(22)23-16(5,6)7/h11-12,19H,9-10H2,1-8H3,(H,18,22)/t17-/m1/s1. The molecular weight excluding hydrogens is 308 g/mol. The largest absolute Gasteiger partial charge is 0.444 e. The monoisotopic (exact) mass is 340 g/mol. The number of amides is 1. The molecule has 1 aromatic rings. The van der Waals surface area contributed by atoms with Gasteiger partial charge in [0.15, 0.2) is 5.82 Å². The van der Waals surface area contributed by atoms with E-state index in [1.54, 1.807) is 0 Å². The molecule has 1 heterocycles. The van der Waals surface area contributed by atoms with E-state index in [0.29, 0.717) is 24.8 Å². The molecule has 0 aliphatic heterocycles. The lowest BCUT2D eigenvalue weighted by Gasteiger charge is -2.35. The second kappa shape index (κ2) is 7.96. The van der Waals surface area contributed by atoms with E-state index in [9.17, 15) is 4.79 Å². The van der Waals surface area contributed by atoms with E-state index < -0.39 is 11.7 Å². The summed E-state index contributed by atoms with van der Waals surface area (Å²) in [5.74, 6) is 1.75. The minimum atomic E-state index is -0.511. The van der Waals surface area contributed by atoms with Gasteiger partial charge in [-0.25, -0.2) is 4.79 Å². The van der Waals surface area contributed by atoms with Gasteiger partial charge in [-0.15, -0.1) is 0 Å². The highest BCUT2D eigenvalue weighted by Crippen LogP contribution is 2.17. The molecular formula is C17H32N4O3. The SMILES string of the molecule is CC(C)c1noc(CN[C@](C)(CNC(=O)OC(C)(C)C)C(C)C)n1. The van der Waals surface area contributed by atoms with Gasteiger partial charge in [0.25, 0.3) is 0 Å². The van der Waals surface area contributed by atoms with Gasteiger partial charge in [-0.05, 0) is 33.6 Å². The summed E-state index contributed by atoms with van der Waals surface area (Å²) < 4.78 is 10.5. The molecule has 1 atom stereocenters. The van der Waals surface area contributed by atoms with Crippen LogP contribution in [0.5, 0.6) is 0 Å². The lowest BCUT2D eigenvalue weighted by Crippen LogP contribution is -2.55. The summed E-state index contributed by atoms with van der Waals surface area (Å²) in [7, 11) is 0. The van der Waals surface area contributed by atoms with Crippen molar-refractivity contribution in [3.8, 4) is 0 Å². The number of alkyl carbamates (subject to hydrolysis) is 1. The summed E-state index contributed by atoms with van der Waals surface area (Å²) in [5.41, 5.74) is -0.841. The van der Waals surface area contributed by atoms with Gasteiger partial charge in [-0.2, -0.15) is 4.98 Å². The average Bonchev–Trinajstić information content (AvgIpc) is 2.90. The van der Waals surface area contributed by atoms with E-state index in [1.807, 2.05) is 34.6 Å². The Balaban J connectivity index is 2.62. The van der Waals surface area contributed by atoms with E-state index in [-0.39, 0.29) is 17.4 Å². The molecule has 2 N–H and O–H groups in total. The zero-order valence-electron chi connectivity index (χ0n) is 16.2. The van der Waals surface area contributed by atoms with Crippen LogP contribution in [-0.4, -0.2) is 33.9 Å². The highest BCUT2D eigenvalue weighted by Gasteiger charge is 2.30. The van der Waals surface area contributed by atoms with Gasteiger partial charge >= 0.3 is 6.09 Å². The predicted octanol–water partition coefficient (Wildman–Crippen LogP) is 3.22. The Morgan fingerprint density at radius 3 is 2.29 bits per heavy atom. The molecule has 0 saturated carbocycles. The third-order valence-corrected chi connectivity index (χ3v) is 3.92. The van der Waals surface area contributed by atoms with E-state index in [1.165, 1.54) is 0 Å². The first-order valence-electron chi connectivity index (χ1n) is 8.47. The highest BCUT2D eigenvalue weighted by molar-refractivity contribution is 5.67. The Kier molecular flexibility index (Phi) is 6.77. The van der Waals surface area contributed by atoms with Crippen molar-refractivity contribution in [3.63, 3.8) is 0 Å². The summed E-state index contributed by atoms with van der Waals surface area (Å²) in [4.78, 5) is 16.2. The fourth-order valence-corrected chi connectivity index (χ4v) is 1.89. The number of aromatic nitrogens is 2. The second-order valence-corrected chi connectivity index (χ2v) is 7.98. The lowest BCUT2D eigenvalue weighted by atomic mass is 9.88. The van der Waals surface area contributed by atoms with Crippen LogP contribution in [0.3, 0.4) is 0 Å². The van der Waals surface area contributed by atoms with Crippen LogP contribution in [0.1, 0.15) is 73.0 Å². The van der Waals surface area contributed by atoms with Crippen molar-refractivity contribution in [3.05, 3.63) is 11.7 Å². The molecule has 1 aromatic heterocycles. The van der Waals surface area contributed by atoms with Crippen LogP contribution in [0.2, 0.25) is 0 Å². The molecule has 0 fully saturated rings. The first-order valence-corrected chi connectivity index (χ1v) is 8.47. The van der Waals surface area contributed by atoms with E-state index in [2.05, 4.69) is 41.5 Å². The number of carbonyl (C=O) groups excluding carboxylic acids is 1. The van der Waals surface area contributed by atoms with Crippen LogP contribution in [0.15, 0.2) is 4.52 Å². The van der Waals surface area contributed by atoms with Crippen molar-refractivity contribution < 1.29 is 14.1 Å². The third kappa shape index (κ3) is 6.47. The average molecular weight is 340 g/mol. The van der Waals surface area contributed by atoms with E-state index in [4.69, 9.17) is 9.26 Å². The molecule has 1 rings (SSSR count). The number of hydrogen-bond donors (Lipinski definition) is 2. The maximum atomic E-state index is 11.9. The van der Waals surface area contributed by atoms with E-state index in [0.717, 1.165) is 0 Å². The number of hydrogen-bond acceptors (Lipinski definition) is 6. The van der Waals surface area contributed by atoms with Crippen molar-refractivity contribution in [1.82, 2.24) is 20.8 Å². The quantitative estimate of drug-likeness (QED) is 0.792. The summed E-state index contributed by atoms with van der Waals surface area (Å²) in [5, 5.41) is 10.2. The van der Waals surface area contributed by atoms with Gasteiger partial charge in [0.1, 0.15) is 5.60 Å². The molecule has 0 radical (unpaired) electrons. The Labute approximate surface area is 144 Å². The van der Waals surface area contributed by atoms with Gasteiger partial charge in [-0.3, -0.25) is 0 Å². The van der Waals surface area contributed by atoms with Gasteiger partial charge in [0.05, 0.1) is 6.54 Å². The number of nitrogens with zero attached hydrogens (tertiary/aromatic N) is 2. The number of nitrogens with one attached hydrogen (secondary N) is 2. The first-order chi connectivity index (χ1) is 10.9. The molecule has 0 aliphatic rings. The van der Waals surface area contributed by atoms with Crippen molar-refractivity contribution in [2.45, 2.75) is 79.0 Å². The van der Waals surface area contributed by atoms with Crippen LogP contribution in [0, 0.1) is 5.92 Å². The Morgan fingerprint density at radius 2 is 1.83 bits per heavy atom. The molecule has 0 spiro atoms. The maximum Gasteiger partial charge on any atom is 0.407 e. The van der Waals surface area contributed by atoms with Gasteiger partial charge in [0, 0.05) is 18.0 Å². The molecule has 0 aromatic carbocycles. The van der Waals surface area contributed by atoms with Crippen LogP contribution < -0.4 is 10.6 Å². The van der Waals surface area contributed by atoms with Crippen LogP contribution in [-0.2, 0) is 11.3 Å². The lowest BCUT2D eigenvalue weighted by molar-refractivity contribution is 0.0502. The molecule has 0 aliphatic carbocycles. The smallest absolute Gasteiger partial charge is 0.407 e. The molecule has 0 saturated heterocycles. The zero-order valence-corrected chi connectivity index (χ0v) is 16.2. The Bertz CT molecular complexity index is 534. The van der Waals surface area contributed by atoms with Gasteiger partial charge < -0.3 is 19.9 Å². The summed E-state index contributed by atoms with van der Waals surface area (Å²) in [6, 6.07) is 0. The molecule has 7 heteroatoms. The zero-order chi connectivity index (χ0) is 18.5. The van der Waals surface area contributed by atoms with Crippen molar-refractivity contribution >= 4 is 6.09 Å². The molecule has 1 amide bonds. The minimum absolute atomic E-state index is 0.229. The van der Waals surface area contributed by atoms with Crippen molar-refractivity contribution in [2.24, 2.45) is 5.92 Å². The molecule has 24 heavy (non-hydrogen) atoms. The number of carbonyl (C=O) groups is 1. The van der Waals surface area contributed by atoms with Crippen molar-refractivity contribution in [1.29, 1.82) is 0 Å². The second-order valence-electron chi connectivity index (χ2n) is 7.98. The van der Waals surface area contributed by atoms with E-state index >= 15 is 0 Å². The molecule has 7 nitrogen and oxygen atoms in total. The summed E-state index contributed by atoms with van der Waals surface area (Å²) >= 11 is 0. The molecule has 0 bridgehead atoms. The topological polar surface area (TPSA) is 89.3 Å². The fourth-order valence-electron chi connectivity index (χ4n) is 1.89.